The Hall–Kier alpha value is -2.98. The van der Waals surface area contributed by atoms with E-state index in [1.807, 2.05) is 6.07 Å². The molecule has 10 nitrogen and oxygen atoms in total. The molecular formula is C24H31F6N3O7. The van der Waals surface area contributed by atoms with Gasteiger partial charge >= 0.3 is 24.3 Å². The van der Waals surface area contributed by atoms with Crippen LogP contribution in [0, 0.1) is 5.92 Å². The number of alkyl halides is 6. The highest BCUT2D eigenvalue weighted by atomic mass is 19.4. The van der Waals surface area contributed by atoms with Crippen LogP contribution in [0.2, 0.25) is 0 Å². The van der Waals surface area contributed by atoms with Crippen molar-refractivity contribution in [2.75, 3.05) is 39.5 Å². The van der Waals surface area contributed by atoms with Gasteiger partial charge in [0.25, 0.3) is 5.91 Å². The summed E-state index contributed by atoms with van der Waals surface area (Å²) < 4.78 is 75.2. The standard InChI is InChI=1S/C20H29N3O3.2C2HF3O2/c24-19(17-2-1-7-21-13-17)22-18-5-11-26-20(12-18)6-8-23(15-20)14-16-3-9-25-10-4-16;2*3-2(4,5)1(6)7/h1-2,7,13,16,18H,3-6,8-12,14-15H2,(H,22,24);2*(H,6,7)/t18-,20-;;/m1../s1. The van der Waals surface area contributed by atoms with Crippen molar-refractivity contribution in [3.05, 3.63) is 30.1 Å². The molecule has 1 amide bonds. The first-order valence-electron chi connectivity index (χ1n) is 12.4. The van der Waals surface area contributed by atoms with E-state index in [9.17, 15) is 31.1 Å². The molecule has 226 valence electrons. The van der Waals surface area contributed by atoms with Crippen molar-refractivity contribution >= 4 is 17.8 Å². The number of hydrogen-bond acceptors (Lipinski definition) is 7. The number of carboxylic acid groups (broad SMARTS) is 2. The number of nitrogens with one attached hydrogen (secondary N) is 1. The largest absolute Gasteiger partial charge is 0.490 e. The molecule has 3 aliphatic heterocycles. The van der Waals surface area contributed by atoms with Crippen molar-refractivity contribution in [1.29, 1.82) is 0 Å². The molecule has 0 unspecified atom stereocenters. The monoisotopic (exact) mass is 587 g/mol. The van der Waals surface area contributed by atoms with Crippen molar-refractivity contribution in [3.63, 3.8) is 0 Å². The van der Waals surface area contributed by atoms with Crippen LogP contribution in [0.3, 0.4) is 0 Å². The lowest BCUT2D eigenvalue weighted by atomic mass is 9.89. The number of amides is 1. The second kappa shape index (κ2) is 14.6. The summed E-state index contributed by atoms with van der Waals surface area (Å²) >= 11 is 0. The number of aliphatic carboxylic acids is 2. The van der Waals surface area contributed by atoms with E-state index in [-0.39, 0.29) is 17.6 Å². The SMILES string of the molecule is O=C(N[C@@H]1CCO[C@]2(CCN(CC3CCOCC3)C2)C1)c1cccnc1.O=C(O)C(F)(F)F.O=C(O)C(F)(F)F. The number of rotatable bonds is 4. The molecule has 4 heterocycles. The number of aromatic nitrogens is 1. The highest BCUT2D eigenvalue weighted by Crippen LogP contribution is 2.35. The van der Waals surface area contributed by atoms with Gasteiger partial charge in [-0.15, -0.1) is 0 Å². The van der Waals surface area contributed by atoms with Gasteiger partial charge in [-0.3, -0.25) is 9.78 Å². The quantitative estimate of drug-likeness (QED) is 0.454. The average Bonchev–Trinajstić information content (AvgIpc) is 3.25. The number of halogens is 6. The van der Waals surface area contributed by atoms with E-state index in [1.54, 1.807) is 18.5 Å². The Morgan fingerprint density at radius 2 is 1.62 bits per heavy atom. The Kier molecular flexibility index (Phi) is 12.1. The van der Waals surface area contributed by atoms with E-state index in [0.717, 1.165) is 64.6 Å². The second-order valence-corrected chi connectivity index (χ2v) is 9.58. The fraction of sp³-hybridized carbons (Fsp3) is 0.667. The highest BCUT2D eigenvalue weighted by Gasteiger charge is 2.44. The molecule has 1 aromatic rings. The Balaban J connectivity index is 0.000000333. The number of likely N-dealkylation sites (tertiary alicyclic amines) is 1. The Morgan fingerprint density at radius 3 is 2.15 bits per heavy atom. The molecule has 3 saturated heterocycles. The van der Waals surface area contributed by atoms with Crippen LogP contribution in [-0.4, -0.2) is 101 Å². The summed E-state index contributed by atoms with van der Waals surface area (Å²) in [5, 5.41) is 17.4. The molecule has 0 bridgehead atoms. The Labute approximate surface area is 225 Å². The van der Waals surface area contributed by atoms with Crippen LogP contribution in [0.5, 0.6) is 0 Å². The summed E-state index contributed by atoms with van der Waals surface area (Å²) in [7, 11) is 0. The van der Waals surface area contributed by atoms with Crippen LogP contribution in [0.4, 0.5) is 26.3 Å². The van der Waals surface area contributed by atoms with Gasteiger partial charge in [-0.2, -0.15) is 26.3 Å². The molecule has 40 heavy (non-hydrogen) atoms. The van der Waals surface area contributed by atoms with Gasteiger partial charge in [0.05, 0.1) is 11.2 Å². The van der Waals surface area contributed by atoms with Crippen LogP contribution >= 0.6 is 0 Å². The number of hydrogen-bond donors (Lipinski definition) is 3. The lowest BCUT2D eigenvalue weighted by Crippen LogP contribution is -2.50. The molecule has 3 aliphatic rings. The summed E-state index contributed by atoms with van der Waals surface area (Å²) in [6, 6.07) is 3.79. The Bertz CT molecular complexity index is 950. The molecule has 1 spiro atoms. The number of carboxylic acids is 2. The highest BCUT2D eigenvalue weighted by molar-refractivity contribution is 5.94. The number of carbonyl (C=O) groups excluding carboxylic acids is 1. The van der Waals surface area contributed by atoms with Crippen molar-refractivity contribution in [3.8, 4) is 0 Å². The van der Waals surface area contributed by atoms with E-state index < -0.39 is 24.3 Å². The van der Waals surface area contributed by atoms with Gasteiger partial charge in [-0.1, -0.05) is 0 Å². The molecule has 4 rings (SSSR count). The first-order chi connectivity index (χ1) is 18.6. The zero-order chi connectivity index (χ0) is 30.0. The molecule has 3 fully saturated rings. The minimum Gasteiger partial charge on any atom is -0.475 e. The predicted molar refractivity (Wildman–Crippen MR) is 125 cm³/mol. The third kappa shape index (κ3) is 11.3. The molecule has 3 N–H and O–H groups in total. The van der Waals surface area contributed by atoms with Gasteiger partial charge < -0.3 is 29.9 Å². The Morgan fingerprint density at radius 1 is 1.02 bits per heavy atom. The van der Waals surface area contributed by atoms with E-state index in [2.05, 4.69) is 15.2 Å². The van der Waals surface area contributed by atoms with E-state index in [0.29, 0.717) is 5.56 Å². The fourth-order valence-corrected chi connectivity index (χ4v) is 4.58. The number of nitrogens with zero attached hydrogens (tertiary/aromatic N) is 2. The van der Waals surface area contributed by atoms with Crippen molar-refractivity contribution < 1.29 is 60.4 Å². The number of pyridine rings is 1. The van der Waals surface area contributed by atoms with Gasteiger partial charge in [-0.25, -0.2) is 9.59 Å². The molecule has 0 radical (unpaired) electrons. The van der Waals surface area contributed by atoms with Crippen LogP contribution in [-0.2, 0) is 19.1 Å². The van der Waals surface area contributed by atoms with Gasteiger partial charge in [-0.05, 0) is 50.2 Å². The molecule has 0 aromatic carbocycles. The van der Waals surface area contributed by atoms with Crippen molar-refractivity contribution in [2.24, 2.45) is 5.92 Å². The predicted octanol–water partition coefficient (Wildman–Crippen LogP) is 3.13. The zero-order valence-corrected chi connectivity index (χ0v) is 21.3. The summed E-state index contributed by atoms with van der Waals surface area (Å²) in [6.45, 7) is 5.78. The fourth-order valence-electron chi connectivity index (χ4n) is 4.58. The average molecular weight is 588 g/mol. The van der Waals surface area contributed by atoms with E-state index in [1.165, 1.54) is 12.8 Å². The molecule has 1 aromatic heterocycles. The molecule has 2 atom stereocenters. The normalized spacial score (nSPS) is 23.8. The van der Waals surface area contributed by atoms with Crippen molar-refractivity contribution in [1.82, 2.24) is 15.2 Å². The molecular weight excluding hydrogens is 556 g/mol. The second-order valence-electron chi connectivity index (χ2n) is 9.58. The van der Waals surface area contributed by atoms with Gasteiger partial charge in [0.2, 0.25) is 0 Å². The summed E-state index contributed by atoms with van der Waals surface area (Å²) in [5.74, 6) is -4.79. The van der Waals surface area contributed by atoms with E-state index >= 15 is 0 Å². The van der Waals surface area contributed by atoms with Crippen LogP contribution in [0.1, 0.15) is 42.5 Å². The smallest absolute Gasteiger partial charge is 0.475 e. The van der Waals surface area contributed by atoms with Gasteiger partial charge in [0.15, 0.2) is 0 Å². The lowest BCUT2D eigenvalue weighted by Gasteiger charge is -2.39. The summed E-state index contributed by atoms with van der Waals surface area (Å²) in [6.07, 6.45) is -1.66. The van der Waals surface area contributed by atoms with Crippen LogP contribution in [0.25, 0.3) is 0 Å². The third-order valence-electron chi connectivity index (χ3n) is 6.49. The van der Waals surface area contributed by atoms with Gasteiger partial charge in [0, 0.05) is 57.9 Å². The summed E-state index contributed by atoms with van der Waals surface area (Å²) in [4.78, 5) is 36.8. The summed E-state index contributed by atoms with van der Waals surface area (Å²) in [5.41, 5.74) is 0.539. The van der Waals surface area contributed by atoms with Crippen LogP contribution in [0.15, 0.2) is 24.5 Å². The molecule has 0 aliphatic carbocycles. The van der Waals surface area contributed by atoms with Crippen molar-refractivity contribution in [2.45, 2.75) is 56.1 Å². The first kappa shape index (κ1) is 33.2. The zero-order valence-electron chi connectivity index (χ0n) is 21.3. The first-order valence-corrected chi connectivity index (χ1v) is 12.4. The maximum atomic E-state index is 12.4. The minimum atomic E-state index is -5.08. The topological polar surface area (TPSA) is 138 Å². The maximum Gasteiger partial charge on any atom is 0.490 e. The molecule has 0 saturated carbocycles. The number of carbonyl (C=O) groups is 3. The third-order valence-corrected chi connectivity index (χ3v) is 6.49. The maximum absolute atomic E-state index is 12.4. The van der Waals surface area contributed by atoms with E-state index in [4.69, 9.17) is 29.3 Å². The lowest BCUT2D eigenvalue weighted by molar-refractivity contribution is -0.193. The van der Waals surface area contributed by atoms with Crippen LogP contribution < -0.4 is 5.32 Å². The minimum absolute atomic E-state index is 0.0304. The van der Waals surface area contributed by atoms with Gasteiger partial charge in [0.1, 0.15) is 0 Å². The number of ether oxygens (including phenoxy) is 2. The molecule has 16 heteroatoms.